The van der Waals surface area contributed by atoms with Crippen LogP contribution in [0, 0.1) is 5.92 Å². The molecule has 1 unspecified atom stereocenters. The molecule has 0 aromatic rings. The van der Waals surface area contributed by atoms with Crippen LogP contribution in [0.4, 0.5) is 0 Å². The van der Waals surface area contributed by atoms with E-state index < -0.39 is 6.29 Å². The smallest absolute Gasteiger partial charge is 0.167 e. The molecule has 15 heavy (non-hydrogen) atoms. The summed E-state index contributed by atoms with van der Waals surface area (Å²) in [6.07, 6.45) is -0.868. The number of carbonyl (C=O) groups is 1. The first-order valence-corrected chi connectivity index (χ1v) is 5.55. The van der Waals surface area contributed by atoms with Crippen LogP contribution in [0.1, 0.15) is 27.7 Å². The van der Waals surface area contributed by atoms with Gasteiger partial charge >= 0.3 is 0 Å². The van der Waals surface area contributed by atoms with Crippen molar-refractivity contribution in [1.82, 2.24) is 4.90 Å². The van der Waals surface area contributed by atoms with E-state index in [0.29, 0.717) is 6.54 Å². The highest BCUT2D eigenvalue weighted by molar-refractivity contribution is 5.81. The van der Waals surface area contributed by atoms with Crippen LogP contribution in [-0.4, -0.2) is 48.3 Å². The van der Waals surface area contributed by atoms with Crippen LogP contribution in [0.3, 0.4) is 0 Å². The number of ketones is 1. The summed E-state index contributed by atoms with van der Waals surface area (Å²) < 4.78 is 5.06. The number of Topliss-reactive ketones (excluding diaryl/α,β-unsaturated/α-hetero) is 1. The van der Waals surface area contributed by atoms with Gasteiger partial charge in [-0.25, -0.2) is 0 Å². The third kappa shape index (κ3) is 6.60. The fraction of sp³-hybridized carbons (Fsp3) is 0.909. The van der Waals surface area contributed by atoms with Crippen molar-refractivity contribution in [2.75, 3.05) is 26.2 Å². The second-order valence-electron chi connectivity index (χ2n) is 3.87. The van der Waals surface area contributed by atoms with Gasteiger partial charge in [-0.05, 0) is 13.1 Å². The molecule has 0 radical (unpaired) electrons. The van der Waals surface area contributed by atoms with Crippen molar-refractivity contribution in [3.8, 4) is 0 Å². The zero-order chi connectivity index (χ0) is 11.8. The van der Waals surface area contributed by atoms with Gasteiger partial charge in [0.2, 0.25) is 0 Å². The van der Waals surface area contributed by atoms with Gasteiger partial charge in [-0.2, -0.15) is 0 Å². The van der Waals surface area contributed by atoms with Gasteiger partial charge in [0.25, 0.3) is 0 Å². The molecule has 0 aliphatic heterocycles. The van der Waals surface area contributed by atoms with Gasteiger partial charge in [0.05, 0.1) is 0 Å². The largest absolute Gasteiger partial charge is 0.367 e. The predicted octanol–water partition coefficient (Wildman–Crippen LogP) is 0.888. The molecular formula is C11H23NO3. The lowest BCUT2D eigenvalue weighted by Gasteiger charge is -2.21. The fourth-order valence-corrected chi connectivity index (χ4v) is 1.10. The second kappa shape index (κ2) is 7.79. The van der Waals surface area contributed by atoms with E-state index >= 15 is 0 Å². The number of rotatable bonds is 8. The van der Waals surface area contributed by atoms with E-state index in [4.69, 9.17) is 4.74 Å². The van der Waals surface area contributed by atoms with Gasteiger partial charge in [0, 0.05) is 12.5 Å². The predicted molar refractivity (Wildman–Crippen MR) is 59.6 cm³/mol. The zero-order valence-electron chi connectivity index (χ0n) is 10.2. The Morgan fingerprint density at radius 1 is 1.33 bits per heavy atom. The molecule has 90 valence electrons. The van der Waals surface area contributed by atoms with Gasteiger partial charge in [-0.1, -0.05) is 27.7 Å². The van der Waals surface area contributed by atoms with Gasteiger partial charge in [-0.3, -0.25) is 9.69 Å². The Morgan fingerprint density at radius 2 is 1.87 bits per heavy atom. The minimum Gasteiger partial charge on any atom is -0.367 e. The van der Waals surface area contributed by atoms with Crippen molar-refractivity contribution < 1.29 is 14.6 Å². The van der Waals surface area contributed by atoms with Crippen molar-refractivity contribution >= 4 is 5.78 Å². The molecule has 0 rings (SSSR count). The van der Waals surface area contributed by atoms with Crippen LogP contribution in [0.5, 0.6) is 0 Å². The van der Waals surface area contributed by atoms with Crippen LogP contribution in [0.15, 0.2) is 0 Å². The lowest BCUT2D eigenvalue weighted by atomic mass is 10.1. The topological polar surface area (TPSA) is 49.8 Å². The Labute approximate surface area is 92.2 Å². The third-order valence-electron chi connectivity index (χ3n) is 2.37. The van der Waals surface area contributed by atoms with E-state index in [1.54, 1.807) is 0 Å². The van der Waals surface area contributed by atoms with Crippen molar-refractivity contribution in [2.24, 2.45) is 5.92 Å². The summed E-state index contributed by atoms with van der Waals surface area (Å²) in [4.78, 5) is 13.3. The summed E-state index contributed by atoms with van der Waals surface area (Å²) in [7, 11) is 0. The summed E-state index contributed by atoms with van der Waals surface area (Å²) >= 11 is 0. The Kier molecular flexibility index (Phi) is 7.56. The minimum absolute atomic E-state index is 0.000101. The summed E-state index contributed by atoms with van der Waals surface area (Å²) in [6, 6.07) is 0. The van der Waals surface area contributed by atoms with Crippen LogP contribution >= 0.6 is 0 Å². The molecule has 0 spiro atoms. The number of carbonyl (C=O) groups excluding carboxylic acids is 1. The maximum absolute atomic E-state index is 11.2. The fourth-order valence-electron chi connectivity index (χ4n) is 1.10. The molecule has 4 heteroatoms. The van der Waals surface area contributed by atoms with Crippen molar-refractivity contribution in [3.63, 3.8) is 0 Å². The number of aliphatic hydroxyl groups is 1. The van der Waals surface area contributed by atoms with E-state index in [1.807, 2.05) is 32.6 Å². The SMILES string of the molecule is CCN(CC)CC(O)OCC(=O)C(C)C. The van der Waals surface area contributed by atoms with Crippen molar-refractivity contribution in [3.05, 3.63) is 0 Å². The summed E-state index contributed by atoms with van der Waals surface area (Å²) in [5.74, 6) is -0.0146. The molecule has 0 aliphatic rings. The number of hydrogen-bond donors (Lipinski definition) is 1. The van der Waals surface area contributed by atoms with E-state index in [1.165, 1.54) is 0 Å². The molecule has 0 aromatic heterocycles. The molecule has 0 heterocycles. The summed E-state index contributed by atoms with van der Waals surface area (Å²) in [5, 5.41) is 9.50. The number of nitrogens with zero attached hydrogens (tertiary/aromatic N) is 1. The molecule has 0 aliphatic carbocycles. The maximum Gasteiger partial charge on any atom is 0.167 e. The highest BCUT2D eigenvalue weighted by atomic mass is 16.6. The molecule has 0 fully saturated rings. The number of likely N-dealkylation sites (N-methyl/N-ethyl adjacent to an activating group) is 1. The Balaban J connectivity index is 3.74. The molecule has 0 aromatic carbocycles. The number of hydrogen-bond acceptors (Lipinski definition) is 4. The monoisotopic (exact) mass is 217 g/mol. The average molecular weight is 217 g/mol. The first kappa shape index (κ1) is 14.6. The Morgan fingerprint density at radius 3 is 2.27 bits per heavy atom. The molecule has 1 N–H and O–H groups in total. The van der Waals surface area contributed by atoms with Crippen molar-refractivity contribution in [1.29, 1.82) is 0 Å². The zero-order valence-corrected chi connectivity index (χ0v) is 10.2. The molecule has 4 nitrogen and oxygen atoms in total. The minimum atomic E-state index is -0.868. The molecule has 1 atom stereocenters. The normalized spacial score (nSPS) is 13.5. The first-order chi connectivity index (χ1) is 7.01. The van der Waals surface area contributed by atoms with Crippen LogP contribution in [0.2, 0.25) is 0 Å². The van der Waals surface area contributed by atoms with Crippen molar-refractivity contribution in [2.45, 2.75) is 34.0 Å². The lowest BCUT2D eigenvalue weighted by Crippen LogP contribution is -2.35. The molecular weight excluding hydrogens is 194 g/mol. The van der Waals surface area contributed by atoms with Gasteiger partial charge in [0.15, 0.2) is 12.1 Å². The van der Waals surface area contributed by atoms with Crippen LogP contribution in [-0.2, 0) is 9.53 Å². The molecule has 0 amide bonds. The number of ether oxygens (including phenoxy) is 1. The number of aliphatic hydroxyl groups excluding tert-OH is 1. The van der Waals surface area contributed by atoms with Gasteiger partial charge in [0.1, 0.15) is 6.61 Å². The van der Waals surface area contributed by atoms with E-state index in [0.717, 1.165) is 13.1 Å². The standard InChI is InChI=1S/C11H23NO3/c1-5-12(6-2)7-11(14)15-8-10(13)9(3)4/h9,11,14H,5-8H2,1-4H3. The van der Waals surface area contributed by atoms with E-state index in [2.05, 4.69) is 0 Å². The van der Waals surface area contributed by atoms with Crippen LogP contribution in [0.25, 0.3) is 0 Å². The molecule has 0 bridgehead atoms. The van der Waals surface area contributed by atoms with Crippen LogP contribution < -0.4 is 0 Å². The van der Waals surface area contributed by atoms with E-state index in [9.17, 15) is 9.90 Å². The van der Waals surface area contributed by atoms with Gasteiger partial charge in [-0.15, -0.1) is 0 Å². The van der Waals surface area contributed by atoms with Gasteiger partial charge < -0.3 is 9.84 Å². The lowest BCUT2D eigenvalue weighted by molar-refractivity contribution is -0.145. The maximum atomic E-state index is 11.2. The molecule has 0 saturated carbocycles. The molecule has 0 saturated heterocycles. The Hall–Kier alpha value is -0.450. The van der Waals surface area contributed by atoms with E-state index in [-0.39, 0.29) is 18.3 Å². The highest BCUT2D eigenvalue weighted by Crippen LogP contribution is 1.98. The quantitative estimate of drug-likeness (QED) is 0.613. The second-order valence-corrected chi connectivity index (χ2v) is 3.87. The average Bonchev–Trinajstić information content (AvgIpc) is 2.22. The highest BCUT2D eigenvalue weighted by Gasteiger charge is 2.13. The first-order valence-electron chi connectivity index (χ1n) is 5.55. The summed E-state index contributed by atoms with van der Waals surface area (Å²) in [6.45, 7) is 9.89. The third-order valence-corrected chi connectivity index (χ3v) is 2.37. The Bertz CT molecular complexity index is 179. The summed E-state index contributed by atoms with van der Waals surface area (Å²) in [5.41, 5.74) is 0.